The summed E-state index contributed by atoms with van der Waals surface area (Å²) >= 11 is 0. The largest absolute Gasteiger partial charge is 0.359 e. The first-order valence-electron chi connectivity index (χ1n) is 6.05. The molecule has 2 aliphatic rings. The molecule has 0 saturated carbocycles. The summed E-state index contributed by atoms with van der Waals surface area (Å²) in [6.45, 7) is 5.38. The van der Waals surface area contributed by atoms with Gasteiger partial charge in [-0.15, -0.1) is 6.42 Å². The van der Waals surface area contributed by atoms with Crippen LogP contribution in [0.1, 0.15) is 26.7 Å². The fourth-order valence-corrected chi connectivity index (χ4v) is 2.57. The number of likely N-dealkylation sites (tertiary alicyclic amines) is 1. The monoisotopic (exact) mass is 236 g/mol. The van der Waals surface area contributed by atoms with Crippen LogP contribution >= 0.6 is 0 Å². The molecule has 0 spiro atoms. The third kappa shape index (κ3) is 2.05. The quantitative estimate of drug-likeness (QED) is 0.661. The van der Waals surface area contributed by atoms with Gasteiger partial charge in [0.05, 0.1) is 19.2 Å². The van der Waals surface area contributed by atoms with E-state index in [4.69, 9.17) is 11.2 Å². The van der Waals surface area contributed by atoms with Crippen LogP contribution in [0.25, 0.3) is 0 Å². The molecule has 17 heavy (non-hydrogen) atoms. The lowest BCUT2D eigenvalue weighted by Crippen LogP contribution is -2.50. The van der Waals surface area contributed by atoms with E-state index in [1.807, 2.05) is 0 Å². The van der Waals surface area contributed by atoms with E-state index in [2.05, 4.69) is 31.7 Å². The number of hydrogen-bond donors (Lipinski definition) is 0. The van der Waals surface area contributed by atoms with Gasteiger partial charge in [0.25, 0.3) is 0 Å². The van der Waals surface area contributed by atoms with Crippen LogP contribution in [0.3, 0.4) is 0 Å². The van der Waals surface area contributed by atoms with Crippen molar-refractivity contribution in [3.05, 3.63) is 0 Å². The van der Waals surface area contributed by atoms with Crippen LogP contribution < -0.4 is 0 Å². The second kappa shape index (κ2) is 4.32. The number of hydrogen-bond acceptors (Lipinski definition) is 3. The number of ether oxygens (including phenoxy) is 1. The van der Waals surface area contributed by atoms with E-state index in [9.17, 15) is 4.79 Å². The molecule has 2 atom stereocenters. The van der Waals surface area contributed by atoms with Crippen LogP contribution in [0.4, 0.5) is 0 Å². The molecular weight excluding hydrogens is 216 g/mol. The van der Waals surface area contributed by atoms with Crippen molar-refractivity contribution in [3.63, 3.8) is 0 Å². The predicted molar refractivity (Wildman–Crippen MR) is 65.2 cm³/mol. The fraction of sp³-hybridized carbons (Fsp3) is 0.769. The van der Waals surface area contributed by atoms with Gasteiger partial charge >= 0.3 is 0 Å². The molecule has 94 valence electrons. The summed E-state index contributed by atoms with van der Waals surface area (Å²) in [5.41, 5.74) is 0.0259. The zero-order chi connectivity index (χ0) is 12.6. The Hall–Kier alpha value is -1.05. The highest BCUT2D eigenvalue weighted by atomic mass is 16.5. The summed E-state index contributed by atoms with van der Waals surface area (Å²) in [4.78, 5) is 15.7. The van der Waals surface area contributed by atoms with Gasteiger partial charge in [0.15, 0.2) is 0 Å². The third-order valence-electron chi connectivity index (χ3n) is 3.91. The van der Waals surface area contributed by atoms with Gasteiger partial charge in [0, 0.05) is 12.0 Å². The lowest BCUT2D eigenvalue weighted by atomic mass is 10.1. The van der Waals surface area contributed by atoms with E-state index in [0.29, 0.717) is 19.6 Å². The summed E-state index contributed by atoms with van der Waals surface area (Å²) in [7, 11) is 2.05. The summed E-state index contributed by atoms with van der Waals surface area (Å²) < 4.78 is 5.85. The smallest absolute Gasteiger partial charge is 0.223 e. The minimum absolute atomic E-state index is 0.0233. The summed E-state index contributed by atoms with van der Waals surface area (Å²) in [5, 5.41) is 0. The molecule has 4 heteroatoms. The van der Waals surface area contributed by atoms with Gasteiger partial charge < -0.3 is 9.64 Å². The van der Waals surface area contributed by atoms with Gasteiger partial charge in [0.1, 0.15) is 6.23 Å². The Labute approximate surface area is 103 Å². The molecule has 0 aromatic rings. The van der Waals surface area contributed by atoms with Gasteiger partial charge in [-0.3, -0.25) is 9.69 Å². The Kier molecular flexibility index (Phi) is 3.15. The Morgan fingerprint density at radius 1 is 1.59 bits per heavy atom. The molecule has 2 unspecified atom stereocenters. The van der Waals surface area contributed by atoms with E-state index in [1.54, 1.807) is 4.90 Å². The van der Waals surface area contributed by atoms with E-state index >= 15 is 0 Å². The first-order valence-corrected chi connectivity index (χ1v) is 6.05. The van der Waals surface area contributed by atoms with E-state index < -0.39 is 0 Å². The topological polar surface area (TPSA) is 32.8 Å². The molecule has 2 heterocycles. The Balaban J connectivity index is 2.13. The molecular formula is C13H20N2O2. The second-order valence-corrected chi connectivity index (χ2v) is 5.46. The highest BCUT2D eigenvalue weighted by molar-refractivity contribution is 5.79. The number of terminal acetylenes is 1. The molecule has 1 amide bonds. The highest BCUT2D eigenvalue weighted by Gasteiger charge is 2.46. The molecule has 2 rings (SSSR count). The predicted octanol–water partition coefficient (Wildman–Crippen LogP) is 0.677. The zero-order valence-electron chi connectivity index (χ0n) is 10.8. The molecule has 0 N–H and O–H groups in total. The lowest BCUT2D eigenvalue weighted by molar-refractivity contribution is -0.131. The van der Waals surface area contributed by atoms with E-state index in [-0.39, 0.29) is 23.7 Å². The van der Waals surface area contributed by atoms with Crippen molar-refractivity contribution in [2.45, 2.75) is 44.5 Å². The average Bonchev–Trinajstić information content (AvgIpc) is 2.73. The third-order valence-corrected chi connectivity index (χ3v) is 3.91. The molecule has 0 aromatic heterocycles. The van der Waals surface area contributed by atoms with Crippen molar-refractivity contribution < 1.29 is 9.53 Å². The maximum Gasteiger partial charge on any atom is 0.223 e. The lowest BCUT2D eigenvalue weighted by Gasteiger charge is -2.35. The molecule has 2 fully saturated rings. The van der Waals surface area contributed by atoms with Crippen molar-refractivity contribution in [1.29, 1.82) is 0 Å². The number of amides is 1. The van der Waals surface area contributed by atoms with Crippen LogP contribution in [-0.2, 0) is 9.53 Å². The zero-order valence-corrected chi connectivity index (χ0v) is 10.8. The van der Waals surface area contributed by atoms with Crippen LogP contribution in [0.15, 0.2) is 0 Å². The standard InChI is InChI=1S/C13H20N2O2/c1-5-8-15-10(6-7-11(15)16)12-14(4)13(2,3)9-17-12/h1,10,12H,6-9H2,2-4H3. The first-order chi connectivity index (χ1) is 7.97. The van der Waals surface area contributed by atoms with Gasteiger partial charge in [0.2, 0.25) is 5.91 Å². The average molecular weight is 236 g/mol. The Morgan fingerprint density at radius 2 is 2.29 bits per heavy atom. The van der Waals surface area contributed by atoms with Crippen molar-refractivity contribution in [1.82, 2.24) is 9.80 Å². The summed E-state index contributed by atoms with van der Waals surface area (Å²) in [5.74, 6) is 2.71. The molecule has 0 bridgehead atoms. The summed E-state index contributed by atoms with van der Waals surface area (Å²) in [6, 6.07) is 0.102. The maximum absolute atomic E-state index is 11.8. The van der Waals surface area contributed by atoms with Crippen molar-refractivity contribution in [2.24, 2.45) is 0 Å². The van der Waals surface area contributed by atoms with Crippen molar-refractivity contribution >= 4 is 5.91 Å². The normalized spacial score (nSPS) is 33.1. The number of rotatable bonds is 2. The Morgan fingerprint density at radius 3 is 2.82 bits per heavy atom. The minimum atomic E-state index is -0.0233. The van der Waals surface area contributed by atoms with Gasteiger partial charge in [-0.2, -0.15) is 0 Å². The molecule has 0 aromatic carbocycles. The fourth-order valence-electron chi connectivity index (χ4n) is 2.57. The van der Waals surface area contributed by atoms with Crippen LogP contribution in [0.5, 0.6) is 0 Å². The highest BCUT2D eigenvalue weighted by Crippen LogP contribution is 2.32. The van der Waals surface area contributed by atoms with Gasteiger partial charge in [-0.1, -0.05) is 5.92 Å². The molecule has 2 aliphatic heterocycles. The maximum atomic E-state index is 11.8. The van der Waals surface area contributed by atoms with Crippen molar-refractivity contribution in [2.75, 3.05) is 20.2 Å². The summed E-state index contributed by atoms with van der Waals surface area (Å²) in [6.07, 6.45) is 6.72. The molecule has 0 aliphatic carbocycles. The number of likely N-dealkylation sites (N-methyl/N-ethyl adjacent to an activating group) is 1. The second-order valence-electron chi connectivity index (χ2n) is 5.46. The molecule has 2 saturated heterocycles. The van der Waals surface area contributed by atoms with Gasteiger partial charge in [-0.05, 0) is 27.3 Å². The number of nitrogens with zero attached hydrogens (tertiary/aromatic N) is 2. The number of carbonyl (C=O) groups excluding carboxylic acids is 1. The van der Waals surface area contributed by atoms with Crippen LogP contribution in [0.2, 0.25) is 0 Å². The number of carbonyl (C=O) groups is 1. The first kappa shape index (κ1) is 12.4. The van der Waals surface area contributed by atoms with E-state index in [0.717, 1.165) is 6.42 Å². The van der Waals surface area contributed by atoms with Gasteiger partial charge in [-0.25, -0.2) is 0 Å². The Bertz CT molecular complexity index is 359. The van der Waals surface area contributed by atoms with Crippen molar-refractivity contribution in [3.8, 4) is 12.3 Å². The molecule has 4 nitrogen and oxygen atoms in total. The SMILES string of the molecule is C#CCN1C(=O)CCC1C1OCC(C)(C)N1C. The van der Waals surface area contributed by atoms with E-state index in [1.165, 1.54) is 0 Å². The minimum Gasteiger partial charge on any atom is -0.359 e. The molecule has 0 radical (unpaired) electrons. The van der Waals surface area contributed by atoms with Crippen LogP contribution in [0, 0.1) is 12.3 Å². The van der Waals surface area contributed by atoms with Crippen LogP contribution in [-0.4, -0.2) is 53.7 Å².